The van der Waals surface area contributed by atoms with E-state index in [1.54, 1.807) is 6.07 Å². The van der Waals surface area contributed by atoms with Crippen LogP contribution in [0.1, 0.15) is 12.7 Å². The zero-order valence-electron chi connectivity index (χ0n) is 13.1. The molecule has 0 fully saturated rings. The molecule has 0 amide bonds. The van der Waals surface area contributed by atoms with Crippen LogP contribution in [0.2, 0.25) is 0 Å². The summed E-state index contributed by atoms with van der Waals surface area (Å²) in [5, 5.41) is 3.18. The molecule has 0 aliphatic heterocycles. The van der Waals surface area contributed by atoms with Crippen LogP contribution in [-0.2, 0) is 16.1 Å². The van der Waals surface area contributed by atoms with Crippen molar-refractivity contribution in [3.63, 3.8) is 0 Å². The Morgan fingerprint density at radius 2 is 1.95 bits per heavy atom. The summed E-state index contributed by atoms with van der Waals surface area (Å²) in [4.78, 5) is 10.7. The van der Waals surface area contributed by atoms with Crippen LogP contribution in [0, 0.1) is 0 Å². The summed E-state index contributed by atoms with van der Waals surface area (Å²) >= 11 is 0. The summed E-state index contributed by atoms with van der Waals surface area (Å²) in [5.41, 5.74) is 2.52. The first-order valence-corrected chi connectivity index (χ1v) is 7.04. The second-order valence-corrected chi connectivity index (χ2v) is 4.68. The van der Waals surface area contributed by atoms with E-state index in [4.69, 9.17) is 15.3 Å². The number of nitrogens with zero attached hydrogens (tertiary/aromatic N) is 3. The molecule has 0 unspecified atom stereocenters. The highest BCUT2D eigenvalue weighted by Gasteiger charge is 2.04. The van der Waals surface area contributed by atoms with E-state index in [1.165, 1.54) is 0 Å². The lowest BCUT2D eigenvalue weighted by atomic mass is 10.4. The fraction of sp³-hybridized carbons (Fsp3) is 0.692. The van der Waals surface area contributed by atoms with Gasteiger partial charge in [-0.05, 0) is 21.0 Å². The zero-order valence-corrected chi connectivity index (χ0v) is 13.1. The second kappa shape index (κ2) is 10.3. The van der Waals surface area contributed by atoms with Crippen LogP contribution in [0.25, 0.3) is 0 Å². The summed E-state index contributed by atoms with van der Waals surface area (Å²) in [6.07, 6.45) is 0. The number of nitrogens with two attached hydrogens (primary N) is 1. The molecule has 0 saturated carbocycles. The van der Waals surface area contributed by atoms with Crippen molar-refractivity contribution in [1.82, 2.24) is 14.9 Å². The second-order valence-electron chi connectivity index (χ2n) is 4.68. The molecule has 8 heteroatoms. The van der Waals surface area contributed by atoms with Crippen LogP contribution in [0.15, 0.2) is 6.07 Å². The molecule has 1 rings (SSSR count). The Hall–Kier alpha value is -1.48. The van der Waals surface area contributed by atoms with Crippen LogP contribution >= 0.6 is 0 Å². The molecule has 0 bridgehead atoms. The topological polar surface area (TPSA) is 97.6 Å². The predicted octanol–water partition coefficient (Wildman–Crippen LogP) is 0.289. The standard InChI is InChI=1S/C13H26N6O2/c1-4-20-10-13-16-11(9-12(17-13)18-14)15-5-7-21-8-6-19(2)3/h9H,4-8,10,14H2,1-3H3,(H2,15,16,17,18). The van der Waals surface area contributed by atoms with Gasteiger partial charge in [0.25, 0.3) is 0 Å². The maximum atomic E-state index is 5.51. The molecule has 0 aliphatic carbocycles. The lowest BCUT2D eigenvalue weighted by molar-refractivity contribution is 0.126. The van der Waals surface area contributed by atoms with Crippen molar-refractivity contribution in [3.05, 3.63) is 11.9 Å². The van der Waals surface area contributed by atoms with Crippen molar-refractivity contribution in [2.24, 2.45) is 5.84 Å². The maximum Gasteiger partial charge on any atom is 0.158 e. The highest BCUT2D eigenvalue weighted by molar-refractivity contribution is 5.46. The molecule has 1 aromatic rings. The lowest BCUT2D eigenvalue weighted by Gasteiger charge is -2.11. The number of hydrazine groups is 1. The van der Waals surface area contributed by atoms with Crippen molar-refractivity contribution in [2.45, 2.75) is 13.5 Å². The largest absolute Gasteiger partial charge is 0.378 e. The molecule has 0 saturated heterocycles. The summed E-state index contributed by atoms with van der Waals surface area (Å²) in [7, 11) is 4.04. The minimum absolute atomic E-state index is 0.361. The van der Waals surface area contributed by atoms with Crippen LogP contribution in [0.5, 0.6) is 0 Å². The number of hydrogen-bond acceptors (Lipinski definition) is 8. The van der Waals surface area contributed by atoms with Crippen molar-refractivity contribution in [2.75, 3.05) is 57.7 Å². The van der Waals surface area contributed by atoms with Crippen LogP contribution < -0.4 is 16.6 Å². The van der Waals surface area contributed by atoms with E-state index in [1.807, 2.05) is 21.0 Å². The number of rotatable bonds is 11. The van der Waals surface area contributed by atoms with E-state index in [-0.39, 0.29) is 0 Å². The third kappa shape index (κ3) is 7.76. The first-order valence-electron chi connectivity index (χ1n) is 7.04. The average molecular weight is 298 g/mol. The fourth-order valence-electron chi connectivity index (χ4n) is 1.52. The number of nitrogen functional groups attached to an aromatic ring is 1. The molecule has 0 radical (unpaired) electrons. The van der Waals surface area contributed by atoms with Crippen LogP contribution in [0.4, 0.5) is 11.6 Å². The molecule has 8 nitrogen and oxygen atoms in total. The van der Waals surface area contributed by atoms with Gasteiger partial charge >= 0.3 is 0 Å². The van der Waals surface area contributed by atoms with E-state index in [2.05, 4.69) is 25.6 Å². The van der Waals surface area contributed by atoms with Gasteiger partial charge in [0.2, 0.25) is 0 Å². The van der Waals surface area contributed by atoms with Gasteiger partial charge in [-0.15, -0.1) is 0 Å². The van der Waals surface area contributed by atoms with Gasteiger partial charge in [-0.3, -0.25) is 0 Å². The van der Waals surface area contributed by atoms with E-state index in [0.717, 1.165) is 6.54 Å². The Bertz CT molecular complexity index is 402. The molecule has 120 valence electrons. The average Bonchev–Trinajstić information content (AvgIpc) is 2.48. The smallest absolute Gasteiger partial charge is 0.158 e. The van der Waals surface area contributed by atoms with Gasteiger partial charge in [0, 0.05) is 25.8 Å². The van der Waals surface area contributed by atoms with Crippen molar-refractivity contribution in [3.8, 4) is 0 Å². The Morgan fingerprint density at radius 3 is 2.62 bits per heavy atom. The molecule has 0 atom stereocenters. The summed E-state index contributed by atoms with van der Waals surface area (Å²) in [5.74, 6) is 7.24. The highest BCUT2D eigenvalue weighted by Crippen LogP contribution is 2.10. The number of nitrogens with one attached hydrogen (secondary N) is 2. The lowest BCUT2D eigenvalue weighted by Crippen LogP contribution is -2.20. The zero-order chi connectivity index (χ0) is 15.5. The van der Waals surface area contributed by atoms with Gasteiger partial charge < -0.3 is 25.1 Å². The summed E-state index contributed by atoms with van der Waals surface area (Å²) in [6, 6.07) is 1.75. The number of hydrogen-bond donors (Lipinski definition) is 3. The fourth-order valence-corrected chi connectivity index (χ4v) is 1.52. The third-order valence-electron chi connectivity index (χ3n) is 2.59. The Morgan fingerprint density at radius 1 is 1.19 bits per heavy atom. The summed E-state index contributed by atoms with van der Waals surface area (Å²) in [6.45, 7) is 5.81. The molecule has 0 aliphatic rings. The van der Waals surface area contributed by atoms with Gasteiger partial charge in [-0.2, -0.15) is 0 Å². The number of ether oxygens (including phenoxy) is 2. The van der Waals surface area contributed by atoms with Crippen LogP contribution in [0.3, 0.4) is 0 Å². The molecule has 1 aromatic heterocycles. The normalized spacial score (nSPS) is 10.9. The van der Waals surface area contributed by atoms with Gasteiger partial charge in [0.1, 0.15) is 18.2 Å². The molecular formula is C13H26N6O2. The van der Waals surface area contributed by atoms with E-state index in [0.29, 0.717) is 50.4 Å². The first kappa shape index (κ1) is 17.6. The van der Waals surface area contributed by atoms with E-state index < -0.39 is 0 Å². The maximum absolute atomic E-state index is 5.51. The molecule has 0 aromatic carbocycles. The summed E-state index contributed by atoms with van der Waals surface area (Å²) < 4.78 is 10.8. The third-order valence-corrected chi connectivity index (χ3v) is 2.59. The van der Waals surface area contributed by atoms with Crippen molar-refractivity contribution >= 4 is 11.6 Å². The molecule has 21 heavy (non-hydrogen) atoms. The Labute approximate surface area is 126 Å². The van der Waals surface area contributed by atoms with Crippen LogP contribution in [-0.4, -0.2) is 61.9 Å². The van der Waals surface area contributed by atoms with Gasteiger partial charge in [0.15, 0.2) is 5.82 Å². The number of likely N-dealkylation sites (N-methyl/N-ethyl adjacent to an activating group) is 1. The Kier molecular flexibility index (Phi) is 8.60. The Balaban J connectivity index is 2.39. The molecular weight excluding hydrogens is 272 g/mol. The van der Waals surface area contributed by atoms with Gasteiger partial charge in [-0.25, -0.2) is 15.8 Å². The van der Waals surface area contributed by atoms with E-state index >= 15 is 0 Å². The van der Waals surface area contributed by atoms with Crippen molar-refractivity contribution in [1.29, 1.82) is 0 Å². The van der Waals surface area contributed by atoms with Gasteiger partial charge in [0.05, 0.1) is 13.2 Å². The molecule has 0 spiro atoms. The van der Waals surface area contributed by atoms with Crippen molar-refractivity contribution < 1.29 is 9.47 Å². The quantitative estimate of drug-likeness (QED) is 0.305. The highest BCUT2D eigenvalue weighted by atomic mass is 16.5. The first-order chi connectivity index (χ1) is 10.2. The number of aromatic nitrogens is 2. The van der Waals surface area contributed by atoms with E-state index in [9.17, 15) is 0 Å². The minimum atomic E-state index is 0.361. The number of anilines is 2. The SMILES string of the molecule is CCOCc1nc(NN)cc(NCCOCCN(C)C)n1. The van der Waals surface area contributed by atoms with Gasteiger partial charge in [-0.1, -0.05) is 0 Å². The molecule has 4 N–H and O–H groups in total. The molecule has 1 heterocycles. The monoisotopic (exact) mass is 298 g/mol. The predicted molar refractivity (Wildman–Crippen MR) is 83.0 cm³/mol. The minimum Gasteiger partial charge on any atom is -0.378 e.